The Morgan fingerprint density at radius 1 is 0.482 bits per heavy atom. The molecule has 7 aromatic carbocycles. The van der Waals surface area contributed by atoms with Crippen LogP contribution >= 0.6 is 11.3 Å². The topological polar surface area (TPSA) is 38.9 Å². The standard InChI is InChI=1S/C52H36N2OS/c1-3-12-32(13-4-1)33-20-22-34(23-21-33)51-53-48(50-49(54-51)41-15-6-8-19-46(41)56-50)36-25-27-44-42(30-36)39-26-24-35(31-45(39)55-44)37-16-11-17-40-38-14-5-7-18-43(38)52(47(37)40)28-9-2-10-29-52/h1,3-8,11-27,30-31H,2,9-10,28-29H2. The van der Waals surface area contributed by atoms with E-state index in [1.165, 1.54) is 81.3 Å². The second-order valence-corrected chi connectivity index (χ2v) is 16.6. The molecule has 3 nitrogen and oxygen atoms in total. The number of nitrogens with zero attached hydrogens (tertiary/aromatic N) is 2. The monoisotopic (exact) mass is 736 g/mol. The average Bonchev–Trinajstić information content (AvgIpc) is 3.92. The number of fused-ring (bicyclic) bond motifs is 11. The molecule has 0 unspecified atom stereocenters. The van der Waals surface area contributed by atoms with Crippen LogP contribution in [0.4, 0.5) is 0 Å². The van der Waals surface area contributed by atoms with Crippen molar-refractivity contribution in [2.75, 3.05) is 0 Å². The second-order valence-electron chi connectivity index (χ2n) is 15.6. The number of rotatable bonds is 4. The molecule has 0 amide bonds. The zero-order valence-corrected chi connectivity index (χ0v) is 31.6. The van der Waals surface area contributed by atoms with Gasteiger partial charge in [-0.25, -0.2) is 9.97 Å². The molecular weight excluding hydrogens is 701 g/mol. The fourth-order valence-electron chi connectivity index (χ4n) is 9.93. The van der Waals surface area contributed by atoms with Crippen LogP contribution in [0.1, 0.15) is 43.2 Å². The lowest BCUT2D eigenvalue weighted by Crippen LogP contribution is -2.28. The molecule has 10 aromatic rings. The Morgan fingerprint density at radius 2 is 1.20 bits per heavy atom. The molecule has 2 aliphatic rings. The fraction of sp³-hybridized carbons (Fsp3) is 0.115. The number of furan rings is 1. The summed E-state index contributed by atoms with van der Waals surface area (Å²) in [5.41, 5.74) is 16.6. The smallest absolute Gasteiger partial charge is 0.160 e. The minimum absolute atomic E-state index is 0.0801. The molecule has 3 heterocycles. The van der Waals surface area contributed by atoms with Crippen molar-refractivity contribution < 1.29 is 4.42 Å². The third kappa shape index (κ3) is 4.75. The molecule has 0 bridgehead atoms. The average molecular weight is 737 g/mol. The molecule has 4 heteroatoms. The first-order valence-electron chi connectivity index (χ1n) is 19.8. The number of hydrogen-bond acceptors (Lipinski definition) is 4. The molecule has 12 rings (SSSR count). The van der Waals surface area contributed by atoms with Crippen LogP contribution in [0.3, 0.4) is 0 Å². The van der Waals surface area contributed by atoms with Crippen LogP contribution in [0.5, 0.6) is 0 Å². The first kappa shape index (κ1) is 31.9. The molecule has 0 atom stereocenters. The van der Waals surface area contributed by atoms with Gasteiger partial charge in [0.25, 0.3) is 0 Å². The first-order chi connectivity index (χ1) is 27.7. The van der Waals surface area contributed by atoms with Crippen LogP contribution in [-0.2, 0) is 5.41 Å². The van der Waals surface area contributed by atoms with Gasteiger partial charge in [-0.1, -0.05) is 141 Å². The molecular formula is C52H36N2OS. The summed E-state index contributed by atoms with van der Waals surface area (Å²) >= 11 is 1.76. The van der Waals surface area contributed by atoms with Gasteiger partial charge in [-0.05, 0) is 93.7 Å². The van der Waals surface area contributed by atoms with Crippen LogP contribution in [0.25, 0.3) is 98.3 Å². The van der Waals surface area contributed by atoms with E-state index in [4.69, 9.17) is 14.4 Å². The van der Waals surface area contributed by atoms with Crippen LogP contribution in [-0.4, -0.2) is 9.97 Å². The van der Waals surface area contributed by atoms with E-state index in [-0.39, 0.29) is 5.41 Å². The third-order valence-corrected chi connectivity index (χ3v) is 13.7. The van der Waals surface area contributed by atoms with Gasteiger partial charge in [-0.3, -0.25) is 0 Å². The quantitative estimate of drug-likeness (QED) is 0.181. The van der Waals surface area contributed by atoms with Crippen molar-refractivity contribution in [3.05, 3.63) is 169 Å². The number of thiophene rings is 1. The highest BCUT2D eigenvalue weighted by Crippen LogP contribution is 2.58. The van der Waals surface area contributed by atoms with E-state index in [0.29, 0.717) is 0 Å². The van der Waals surface area contributed by atoms with Crippen molar-refractivity contribution in [3.63, 3.8) is 0 Å². The summed E-state index contributed by atoms with van der Waals surface area (Å²) in [5, 5.41) is 3.37. The van der Waals surface area contributed by atoms with Crippen molar-refractivity contribution in [2.45, 2.75) is 37.5 Å². The molecule has 2 aliphatic carbocycles. The minimum atomic E-state index is 0.0801. The molecule has 0 N–H and O–H groups in total. The third-order valence-electron chi connectivity index (χ3n) is 12.5. The van der Waals surface area contributed by atoms with Gasteiger partial charge in [0.1, 0.15) is 11.2 Å². The van der Waals surface area contributed by atoms with Gasteiger partial charge < -0.3 is 4.42 Å². The van der Waals surface area contributed by atoms with Crippen molar-refractivity contribution in [1.82, 2.24) is 9.97 Å². The van der Waals surface area contributed by atoms with Gasteiger partial charge in [-0.2, -0.15) is 0 Å². The Balaban J connectivity index is 0.990. The molecule has 1 saturated carbocycles. The second kappa shape index (κ2) is 12.3. The summed E-state index contributed by atoms with van der Waals surface area (Å²) in [7, 11) is 0. The number of aromatic nitrogens is 2. The Hall–Kier alpha value is -6.36. The Kier molecular flexibility index (Phi) is 7.03. The zero-order valence-electron chi connectivity index (χ0n) is 30.8. The SMILES string of the molecule is c1ccc(-c2ccc(-c3nc(-c4ccc5oc6cc(-c7cccc8c7C7(CCCCC7)c7ccccc7-8)ccc6c5c4)c4sc5ccccc5c4n3)cc2)cc1. The summed E-state index contributed by atoms with van der Waals surface area (Å²) in [6, 6.07) is 57.1. The van der Waals surface area contributed by atoms with Crippen LogP contribution in [0.2, 0.25) is 0 Å². The van der Waals surface area contributed by atoms with E-state index < -0.39 is 0 Å². The summed E-state index contributed by atoms with van der Waals surface area (Å²) in [5.74, 6) is 0.728. The van der Waals surface area contributed by atoms with Gasteiger partial charge in [0.15, 0.2) is 5.82 Å². The Labute approximate surface area is 328 Å². The van der Waals surface area contributed by atoms with Crippen molar-refractivity contribution in [1.29, 1.82) is 0 Å². The molecule has 0 saturated heterocycles. The Morgan fingerprint density at radius 3 is 2.09 bits per heavy atom. The largest absolute Gasteiger partial charge is 0.456 e. The maximum Gasteiger partial charge on any atom is 0.160 e. The van der Waals surface area contributed by atoms with Gasteiger partial charge in [0.05, 0.1) is 15.9 Å². The summed E-state index contributed by atoms with van der Waals surface area (Å²) < 4.78 is 8.98. The predicted octanol–water partition coefficient (Wildman–Crippen LogP) is 14.6. The molecule has 1 fully saturated rings. The zero-order chi connectivity index (χ0) is 36.8. The molecule has 3 aromatic heterocycles. The lowest BCUT2D eigenvalue weighted by Gasteiger charge is -2.37. The van der Waals surface area contributed by atoms with Crippen molar-refractivity contribution >= 4 is 53.6 Å². The Bertz CT molecular complexity index is 3170. The lowest BCUT2D eigenvalue weighted by molar-refractivity contribution is 0.353. The highest BCUT2D eigenvalue weighted by Gasteiger charge is 2.45. The first-order valence-corrected chi connectivity index (χ1v) is 20.6. The van der Waals surface area contributed by atoms with Crippen LogP contribution in [0.15, 0.2) is 162 Å². The summed E-state index contributed by atoms with van der Waals surface area (Å²) in [4.78, 5) is 10.5. The molecule has 0 aliphatic heterocycles. The maximum absolute atomic E-state index is 6.67. The van der Waals surface area contributed by atoms with E-state index in [2.05, 4.69) is 158 Å². The molecule has 266 valence electrons. The van der Waals surface area contributed by atoms with Crippen LogP contribution in [0, 0.1) is 0 Å². The number of hydrogen-bond donors (Lipinski definition) is 0. The van der Waals surface area contributed by atoms with Crippen molar-refractivity contribution in [2.24, 2.45) is 0 Å². The van der Waals surface area contributed by atoms with E-state index in [0.717, 1.165) is 60.2 Å². The summed E-state index contributed by atoms with van der Waals surface area (Å²) in [6.07, 6.45) is 6.28. The molecule has 56 heavy (non-hydrogen) atoms. The van der Waals surface area contributed by atoms with Gasteiger partial charge >= 0.3 is 0 Å². The van der Waals surface area contributed by atoms with Gasteiger partial charge in [0.2, 0.25) is 0 Å². The normalized spacial score (nSPS) is 14.6. The minimum Gasteiger partial charge on any atom is -0.456 e. The lowest BCUT2D eigenvalue weighted by atomic mass is 9.66. The van der Waals surface area contributed by atoms with E-state index in [1.807, 2.05) is 0 Å². The number of benzene rings is 7. The van der Waals surface area contributed by atoms with Crippen molar-refractivity contribution in [3.8, 4) is 56.0 Å². The predicted molar refractivity (Wildman–Crippen MR) is 233 cm³/mol. The van der Waals surface area contributed by atoms with Gasteiger partial charge in [0, 0.05) is 37.4 Å². The molecule has 1 spiro atoms. The highest BCUT2D eigenvalue weighted by atomic mass is 32.1. The fourth-order valence-corrected chi connectivity index (χ4v) is 11.1. The van der Waals surface area contributed by atoms with Gasteiger partial charge in [-0.15, -0.1) is 11.3 Å². The van der Waals surface area contributed by atoms with E-state index in [9.17, 15) is 0 Å². The van der Waals surface area contributed by atoms with Crippen LogP contribution < -0.4 is 0 Å². The summed E-state index contributed by atoms with van der Waals surface area (Å²) in [6.45, 7) is 0. The maximum atomic E-state index is 6.67. The molecule has 0 radical (unpaired) electrons. The van der Waals surface area contributed by atoms with E-state index >= 15 is 0 Å². The highest BCUT2D eigenvalue weighted by molar-refractivity contribution is 7.26. The van der Waals surface area contributed by atoms with E-state index in [1.54, 1.807) is 11.3 Å².